The van der Waals surface area contributed by atoms with Crippen molar-refractivity contribution < 1.29 is 9.53 Å². The normalized spacial score (nSPS) is 13.4. The second-order valence-corrected chi connectivity index (χ2v) is 5.64. The van der Waals surface area contributed by atoms with E-state index in [1.165, 1.54) is 11.6 Å². The van der Waals surface area contributed by atoms with Crippen molar-refractivity contribution in [3.63, 3.8) is 0 Å². The number of nitrogens with zero attached hydrogens (tertiary/aromatic N) is 1. The van der Waals surface area contributed by atoms with Crippen LogP contribution in [0.25, 0.3) is 0 Å². The van der Waals surface area contributed by atoms with Crippen LogP contribution in [0.3, 0.4) is 0 Å². The number of benzene rings is 2. The molecule has 0 aliphatic carbocycles. The molecule has 4 heteroatoms. The fourth-order valence-corrected chi connectivity index (χ4v) is 2.76. The highest BCUT2D eigenvalue weighted by Gasteiger charge is 2.19. The van der Waals surface area contributed by atoms with Crippen LogP contribution in [-0.4, -0.2) is 17.4 Å². The van der Waals surface area contributed by atoms with E-state index in [1.807, 2.05) is 24.3 Å². The molecule has 1 amide bonds. The van der Waals surface area contributed by atoms with Crippen molar-refractivity contribution in [2.45, 2.75) is 13.0 Å². The Bertz CT molecular complexity index is 727. The topological polar surface area (TPSA) is 29.5 Å². The Hall–Kier alpha value is -2.26. The number of carbonyl (C=O) groups is 1. The van der Waals surface area contributed by atoms with E-state index in [4.69, 9.17) is 16.3 Å². The molecule has 0 fully saturated rings. The maximum Gasteiger partial charge on any atom is 0.246 e. The highest BCUT2D eigenvalue weighted by atomic mass is 35.5. The van der Waals surface area contributed by atoms with Crippen molar-refractivity contribution in [3.05, 3.63) is 71.3 Å². The molecule has 0 saturated carbocycles. The van der Waals surface area contributed by atoms with Gasteiger partial charge in [-0.15, -0.1) is 0 Å². The Morgan fingerprint density at radius 2 is 2.00 bits per heavy atom. The van der Waals surface area contributed by atoms with Crippen LogP contribution in [0.4, 0.5) is 0 Å². The fourth-order valence-electron chi connectivity index (χ4n) is 2.58. The van der Waals surface area contributed by atoms with E-state index in [9.17, 15) is 4.79 Å². The molecule has 3 nitrogen and oxygen atoms in total. The third-order valence-corrected chi connectivity index (χ3v) is 3.94. The summed E-state index contributed by atoms with van der Waals surface area (Å²) in [6.45, 7) is 4.86. The van der Waals surface area contributed by atoms with Gasteiger partial charge in [0, 0.05) is 18.1 Å². The molecule has 0 saturated heterocycles. The number of ether oxygens (including phenoxy) is 1. The van der Waals surface area contributed by atoms with E-state index < -0.39 is 0 Å². The van der Waals surface area contributed by atoms with Crippen molar-refractivity contribution in [2.24, 2.45) is 0 Å². The molecule has 0 bridgehead atoms. The zero-order valence-electron chi connectivity index (χ0n) is 12.1. The second kappa shape index (κ2) is 6.24. The van der Waals surface area contributed by atoms with Crippen molar-refractivity contribution in [1.29, 1.82) is 0 Å². The van der Waals surface area contributed by atoms with Crippen LogP contribution in [0.15, 0.2) is 55.1 Å². The monoisotopic (exact) mass is 313 g/mol. The molecule has 0 N–H and O–H groups in total. The van der Waals surface area contributed by atoms with Gasteiger partial charge in [0.2, 0.25) is 5.91 Å². The first kappa shape index (κ1) is 14.7. The molecule has 22 heavy (non-hydrogen) atoms. The van der Waals surface area contributed by atoms with E-state index in [1.54, 1.807) is 17.0 Å². The predicted molar refractivity (Wildman–Crippen MR) is 87.3 cm³/mol. The molecule has 1 aliphatic rings. The minimum atomic E-state index is -0.0354. The third-order valence-electron chi connectivity index (χ3n) is 3.71. The Labute approximate surface area is 134 Å². The molecule has 2 aromatic carbocycles. The average molecular weight is 314 g/mol. The molecule has 0 atom stereocenters. The van der Waals surface area contributed by atoms with Crippen molar-refractivity contribution in [2.75, 3.05) is 6.54 Å². The summed E-state index contributed by atoms with van der Waals surface area (Å²) in [7, 11) is 0. The number of halogens is 1. The highest BCUT2D eigenvalue weighted by molar-refractivity contribution is 6.30. The highest BCUT2D eigenvalue weighted by Crippen LogP contribution is 2.28. The van der Waals surface area contributed by atoms with E-state index in [0.29, 0.717) is 17.3 Å². The van der Waals surface area contributed by atoms with Crippen molar-refractivity contribution >= 4 is 17.5 Å². The summed E-state index contributed by atoms with van der Waals surface area (Å²) in [6, 6.07) is 13.3. The zero-order chi connectivity index (χ0) is 15.5. The number of hydrogen-bond acceptors (Lipinski definition) is 2. The van der Waals surface area contributed by atoms with Gasteiger partial charge in [-0.2, -0.15) is 0 Å². The molecular weight excluding hydrogens is 298 g/mol. The van der Waals surface area contributed by atoms with Gasteiger partial charge in [-0.05, 0) is 54.0 Å². The summed E-state index contributed by atoms with van der Waals surface area (Å²) in [5.41, 5.74) is 2.37. The Kier molecular flexibility index (Phi) is 4.16. The molecule has 3 rings (SSSR count). The van der Waals surface area contributed by atoms with Gasteiger partial charge in [0.1, 0.15) is 11.5 Å². The van der Waals surface area contributed by atoms with Gasteiger partial charge in [-0.3, -0.25) is 4.79 Å². The van der Waals surface area contributed by atoms with Crippen LogP contribution >= 0.6 is 11.6 Å². The minimum absolute atomic E-state index is 0.0354. The fraction of sp³-hybridized carbons (Fsp3) is 0.167. The van der Waals surface area contributed by atoms with Gasteiger partial charge >= 0.3 is 0 Å². The average Bonchev–Trinajstić information content (AvgIpc) is 2.53. The first-order valence-corrected chi connectivity index (χ1v) is 7.50. The van der Waals surface area contributed by atoms with Crippen molar-refractivity contribution in [3.8, 4) is 11.5 Å². The summed E-state index contributed by atoms with van der Waals surface area (Å²) in [4.78, 5) is 13.5. The van der Waals surface area contributed by atoms with Gasteiger partial charge in [0.05, 0.1) is 0 Å². The zero-order valence-corrected chi connectivity index (χ0v) is 12.8. The summed E-state index contributed by atoms with van der Waals surface area (Å²) in [6.07, 6.45) is 2.21. The van der Waals surface area contributed by atoms with Gasteiger partial charge in [-0.25, -0.2) is 0 Å². The number of amides is 1. The van der Waals surface area contributed by atoms with Gasteiger partial charge < -0.3 is 9.64 Å². The van der Waals surface area contributed by atoms with E-state index in [0.717, 1.165) is 24.3 Å². The Morgan fingerprint density at radius 3 is 2.77 bits per heavy atom. The van der Waals surface area contributed by atoms with E-state index >= 15 is 0 Å². The van der Waals surface area contributed by atoms with Gasteiger partial charge in [-0.1, -0.05) is 30.3 Å². The maximum absolute atomic E-state index is 11.8. The number of carbonyl (C=O) groups excluding carboxylic acids is 1. The molecule has 0 spiro atoms. The van der Waals surface area contributed by atoms with Gasteiger partial charge in [0.15, 0.2) is 0 Å². The first-order chi connectivity index (χ1) is 10.7. The lowest BCUT2D eigenvalue weighted by atomic mass is 9.99. The largest absolute Gasteiger partial charge is 0.457 e. The summed E-state index contributed by atoms with van der Waals surface area (Å²) >= 11 is 5.96. The summed E-state index contributed by atoms with van der Waals surface area (Å²) in [5, 5.41) is 0.637. The van der Waals surface area contributed by atoms with Crippen LogP contribution in [0, 0.1) is 0 Å². The lowest BCUT2D eigenvalue weighted by molar-refractivity contribution is -0.126. The summed E-state index contributed by atoms with van der Waals surface area (Å²) in [5.74, 6) is 1.41. The van der Waals surface area contributed by atoms with E-state index in [-0.39, 0.29) is 5.91 Å². The molecule has 0 radical (unpaired) electrons. The molecule has 0 unspecified atom stereocenters. The van der Waals surface area contributed by atoms with Crippen LogP contribution in [-0.2, 0) is 17.8 Å². The van der Waals surface area contributed by atoms with E-state index in [2.05, 4.69) is 12.6 Å². The maximum atomic E-state index is 11.8. The minimum Gasteiger partial charge on any atom is -0.457 e. The SMILES string of the molecule is C=CC(=O)N1CCc2ccc(Oc3cccc(Cl)c3)cc2C1. The molecular formula is C18H16ClNO2. The quantitative estimate of drug-likeness (QED) is 0.795. The lowest BCUT2D eigenvalue weighted by Gasteiger charge is -2.28. The Morgan fingerprint density at radius 1 is 1.18 bits per heavy atom. The molecule has 0 aromatic heterocycles. The van der Waals surface area contributed by atoms with Crippen LogP contribution in [0.5, 0.6) is 11.5 Å². The third kappa shape index (κ3) is 3.15. The smallest absolute Gasteiger partial charge is 0.246 e. The number of rotatable bonds is 3. The standard InChI is InChI=1S/C18H16ClNO2/c1-2-18(21)20-9-8-13-6-7-17(10-14(13)12-20)22-16-5-3-4-15(19)11-16/h2-7,10-11H,1,8-9,12H2. The predicted octanol–water partition coefficient (Wildman–Crippen LogP) is 4.20. The number of hydrogen-bond donors (Lipinski definition) is 0. The van der Waals surface area contributed by atoms with Crippen LogP contribution in [0.1, 0.15) is 11.1 Å². The van der Waals surface area contributed by atoms with Crippen molar-refractivity contribution in [1.82, 2.24) is 4.90 Å². The summed E-state index contributed by atoms with van der Waals surface area (Å²) < 4.78 is 5.84. The molecule has 1 heterocycles. The molecule has 2 aromatic rings. The molecule has 112 valence electrons. The lowest BCUT2D eigenvalue weighted by Crippen LogP contribution is -2.34. The number of fused-ring (bicyclic) bond motifs is 1. The second-order valence-electron chi connectivity index (χ2n) is 5.20. The first-order valence-electron chi connectivity index (χ1n) is 7.12. The van der Waals surface area contributed by atoms with Gasteiger partial charge in [0.25, 0.3) is 0 Å². The molecule has 1 aliphatic heterocycles. The van der Waals surface area contributed by atoms with Crippen LogP contribution < -0.4 is 4.74 Å². The Balaban J connectivity index is 1.81. The van der Waals surface area contributed by atoms with Crippen LogP contribution in [0.2, 0.25) is 5.02 Å².